The first-order chi connectivity index (χ1) is 11.0. The van der Waals surface area contributed by atoms with E-state index in [4.69, 9.17) is 5.11 Å². The molecule has 4 heteroatoms. The Morgan fingerprint density at radius 1 is 1.33 bits per heavy atom. The van der Waals surface area contributed by atoms with Crippen LogP contribution in [0.5, 0.6) is 0 Å². The maximum atomic E-state index is 10.8. The quantitative estimate of drug-likeness (QED) is 0.542. The Kier molecular flexibility index (Phi) is 5.31. The lowest BCUT2D eigenvalue weighted by molar-refractivity contribution is -0.180. The molecule has 136 valence electrons. The van der Waals surface area contributed by atoms with Gasteiger partial charge in [0, 0.05) is 6.08 Å². The lowest BCUT2D eigenvalue weighted by atomic mass is 9.46. The molecule has 0 aromatic heterocycles. The summed E-state index contributed by atoms with van der Waals surface area (Å²) in [4.78, 5) is 10.8. The average molecular weight is 336 g/mol. The van der Waals surface area contributed by atoms with Crippen LogP contribution < -0.4 is 0 Å². The molecule has 2 saturated carbocycles. The summed E-state index contributed by atoms with van der Waals surface area (Å²) in [5, 5.41) is 29.8. The molecule has 0 heterocycles. The summed E-state index contributed by atoms with van der Waals surface area (Å²) < 4.78 is 0. The normalized spacial score (nSPS) is 39.4. The van der Waals surface area contributed by atoms with E-state index in [2.05, 4.69) is 27.4 Å². The topological polar surface area (TPSA) is 77.8 Å². The van der Waals surface area contributed by atoms with Gasteiger partial charge in [0.25, 0.3) is 0 Å². The number of hydrogen-bond donors (Lipinski definition) is 3. The van der Waals surface area contributed by atoms with Gasteiger partial charge in [0.2, 0.25) is 0 Å². The highest BCUT2D eigenvalue weighted by Gasteiger charge is 2.58. The van der Waals surface area contributed by atoms with Gasteiger partial charge in [-0.3, -0.25) is 0 Å². The largest absolute Gasteiger partial charge is 0.478 e. The molecule has 0 aromatic carbocycles. The second-order valence-electron chi connectivity index (χ2n) is 8.71. The van der Waals surface area contributed by atoms with Crippen LogP contribution >= 0.6 is 0 Å². The molecule has 0 bridgehead atoms. The number of aliphatic hydroxyl groups is 2. The molecule has 0 radical (unpaired) electrons. The molecular formula is C20H32O4. The van der Waals surface area contributed by atoms with Crippen LogP contribution in [0.15, 0.2) is 23.8 Å². The van der Waals surface area contributed by atoms with Gasteiger partial charge < -0.3 is 15.3 Å². The van der Waals surface area contributed by atoms with Crippen LogP contribution in [0.25, 0.3) is 0 Å². The van der Waals surface area contributed by atoms with Gasteiger partial charge >= 0.3 is 5.97 Å². The van der Waals surface area contributed by atoms with Crippen molar-refractivity contribution >= 4 is 5.97 Å². The minimum atomic E-state index is -0.906. The van der Waals surface area contributed by atoms with E-state index in [1.165, 1.54) is 11.6 Å². The molecule has 0 saturated heterocycles. The van der Waals surface area contributed by atoms with E-state index in [0.717, 1.165) is 31.3 Å². The molecule has 3 N–H and O–H groups in total. The van der Waals surface area contributed by atoms with E-state index in [9.17, 15) is 15.0 Å². The molecule has 0 spiro atoms. The van der Waals surface area contributed by atoms with Crippen LogP contribution in [0.4, 0.5) is 0 Å². The van der Waals surface area contributed by atoms with Crippen molar-refractivity contribution in [2.45, 2.75) is 72.0 Å². The summed E-state index contributed by atoms with van der Waals surface area (Å²) in [7, 11) is 0. The summed E-state index contributed by atoms with van der Waals surface area (Å²) in [6.07, 6.45) is 3.94. The third kappa shape index (κ3) is 3.31. The third-order valence-corrected chi connectivity index (χ3v) is 6.71. The third-order valence-electron chi connectivity index (χ3n) is 6.71. The molecule has 0 unspecified atom stereocenters. The molecule has 0 aromatic rings. The van der Waals surface area contributed by atoms with Crippen molar-refractivity contribution in [1.29, 1.82) is 0 Å². The Hall–Kier alpha value is -1.13. The lowest BCUT2D eigenvalue weighted by Gasteiger charge is -2.60. The number of hydrogen-bond acceptors (Lipinski definition) is 3. The summed E-state index contributed by atoms with van der Waals surface area (Å²) in [6.45, 7) is 12.5. The molecule has 4 nitrogen and oxygen atoms in total. The average Bonchev–Trinajstić information content (AvgIpc) is 2.43. The number of carboxylic acid groups (broad SMARTS) is 1. The first-order valence-corrected chi connectivity index (χ1v) is 8.94. The molecule has 2 aliphatic rings. The van der Waals surface area contributed by atoms with Gasteiger partial charge in [-0.05, 0) is 61.7 Å². The van der Waals surface area contributed by atoms with E-state index < -0.39 is 18.2 Å². The van der Waals surface area contributed by atoms with Crippen LogP contribution in [0.1, 0.15) is 59.8 Å². The summed E-state index contributed by atoms with van der Waals surface area (Å²) >= 11 is 0. The number of carbonyl (C=O) groups is 1. The van der Waals surface area contributed by atoms with E-state index in [1.54, 1.807) is 0 Å². The van der Waals surface area contributed by atoms with Crippen molar-refractivity contribution in [1.82, 2.24) is 0 Å². The molecule has 2 fully saturated rings. The summed E-state index contributed by atoms with van der Waals surface area (Å²) in [6, 6.07) is 0. The Labute approximate surface area is 145 Å². The van der Waals surface area contributed by atoms with Crippen LogP contribution in [-0.4, -0.2) is 33.5 Å². The molecule has 2 rings (SSSR count). The minimum Gasteiger partial charge on any atom is -0.478 e. The first-order valence-electron chi connectivity index (χ1n) is 8.94. The number of carboxylic acids is 1. The fourth-order valence-corrected chi connectivity index (χ4v) is 5.50. The standard InChI is InChI=1S/C20H32O4/c1-12(10-17(22)23)6-8-14-13(2)7-9-16-19(3,4)18(24)15(21)11-20(14,16)5/h10,14-16,18,21,24H,2,6-9,11H2,1,3-5H3,(H,22,23)/b12-10-/t14-,15-,16-,18-,20+/m0/s1. The maximum Gasteiger partial charge on any atom is 0.328 e. The van der Waals surface area contributed by atoms with Gasteiger partial charge in [-0.1, -0.05) is 38.5 Å². The molecule has 24 heavy (non-hydrogen) atoms. The highest BCUT2D eigenvalue weighted by atomic mass is 16.4. The Morgan fingerprint density at radius 2 is 1.96 bits per heavy atom. The number of allylic oxidation sites excluding steroid dienone is 2. The van der Waals surface area contributed by atoms with Crippen LogP contribution in [-0.2, 0) is 4.79 Å². The van der Waals surface area contributed by atoms with Crippen LogP contribution in [0.3, 0.4) is 0 Å². The van der Waals surface area contributed by atoms with E-state index in [1.807, 2.05) is 6.92 Å². The number of rotatable bonds is 4. The van der Waals surface area contributed by atoms with Crippen molar-refractivity contribution in [2.24, 2.45) is 22.7 Å². The maximum absolute atomic E-state index is 10.8. The summed E-state index contributed by atoms with van der Waals surface area (Å²) in [5.41, 5.74) is 1.62. The zero-order valence-electron chi connectivity index (χ0n) is 15.4. The first kappa shape index (κ1) is 19.2. The number of aliphatic carboxylic acids is 1. The Morgan fingerprint density at radius 3 is 2.54 bits per heavy atom. The van der Waals surface area contributed by atoms with E-state index >= 15 is 0 Å². The van der Waals surface area contributed by atoms with Crippen molar-refractivity contribution in [3.8, 4) is 0 Å². The van der Waals surface area contributed by atoms with E-state index in [-0.39, 0.29) is 16.7 Å². The molecule has 0 amide bonds. The fraction of sp³-hybridized carbons (Fsp3) is 0.750. The highest BCUT2D eigenvalue weighted by Crippen LogP contribution is 2.61. The van der Waals surface area contributed by atoms with Gasteiger partial charge in [0.15, 0.2) is 0 Å². The number of aliphatic hydroxyl groups excluding tert-OH is 2. The summed E-state index contributed by atoms with van der Waals surface area (Å²) in [5.74, 6) is -0.339. The molecular weight excluding hydrogens is 304 g/mol. The molecule has 2 aliphatic carbocycles. The smallest absolute Gasteiger partial charge is 0.328 e. The van der Waals surface area contributed by atoms with Gasteiger partial charge in [-0.2, -0.15) is 0 Å². The van der Waals surface area contributed by atoms with Crippen LogP contribution in [0, 0.1) is 22.7 Å². The lowest BCUT2D eigenvalue weighted by Crippen LogP contribution is -2.60. The van der Waals surface area contributed by atoms with Crippen molar-refractivity contribution in [3.63, 3.8) is 0 Å². The second kappa shape index (κ2) is 6.64. The van der Waals surface area contributed by atoms with E-state index in [0.29, 0.717) is 12.3 Å². The zero-order valence-corrected chi connectivity index (χ0v) is 15.4. The zero-order chi connectivity index (χ0) is 18.3. The predicted molar refractivity (Wildman–Crippen MR) is 94.5 cm³/mol. The van der Waals surface area contributed by atoms with Gasteiger partial charge in [0.1, 0.15) is 0 Å². The SMILES string of the molecule is C=C1CC[C@H]2C(C)(C)[C@@H](O)[C@@H](O)C[C@]2(C)[C@H]1CC/C(C)=C\C(=O)O. The predicted octanol–water partition coefficient (Wildman–Crippen LogP) is 3.54. The van der Waals surface area contributed by atoms with Crippen molar-refractivity contribution < 1.29 is 20.1 Å². The number of fused-ring (bicyclic) bond motifs is 1. The van der Waals surface area contributed by atoms with Crippen LogP contribution in [0.2, 0.25) is 0 Å². The van der Waals surface area contributed by atoms with Gasteiger partial charge in [-0.25, -0.2) is 4.79 Å². The minimum absolute atomic E-state index is 0.110. The highest BCUT2D eigenvalue weighted by molar-refractivity contribution is 5.80. The molecule has 5 atom stereocenters. The Balaban J connectivity index is 2.27. The van der Waals surface area contributed by atoms with Crippen molar-refractivity contribution in [2.75, 3.05) is 0 Å². The van der Waals surface area contributed by atoms with Crippen molar-refractivity contribution in [3.05, 3.63) is 23.8 Å². The fourth-order valence-electron chi connectivity index (χ4n) is 5.50. The van der Waals surface area contributed by atoms with Gasteiger partial charge in [0.05, 0.1) is 12.2 Å². The molecule has 0 aliphatic heterocycles. The second-order valence-corrected chi connectivity index (χ2v) is 8.71. The monoisotopic (exact) mass is 336 g/mol. The van der Waals surface area contributed by atoms with Gasteiger partial charge in [-0.15, -0.1) is 0 Å². The Bertz CT molecular complexity index is 548.